The summed E-state index contributed by atoms with van der Waals surface area (Å²) in [7, 11) is 0. The first-order valence-electron chi connectivity index (χ1n) is 8.25. The maximum atomic E-state index is 12.9. The monoisotopic (exact) mass is 286 g/mol. The molecule has 0 spiro atoms. The van der Waals surface area contributed by atoms with Crippen LogP contribution in [0.3, 0.4) is 0 Å². The van der Waals surface area contributed by atoms with E-state index in [0.29, 0.717) is 17.9 Å². The molecule has 2 fully saturated rings. The van der Waals surface area contributed by atoms with Crippen LogP contribution in [0.1, 0.15) is 51.8 Å². The highest BCUT2D eigenvalue weighted by atomic mass is 16.2. The molecule has 1 aliphatic heterocycles. The zero-order valence-corrected chi connectivity index (χ0v) is 13.3. The van der Waals surface area contributed by atoms with Gasteiger partial charge in [0, 0.05) is 6.04 Å². The van der Waals surface area contributed by atoms with Gasteiger partial charge in [-0.2, -0.15) is 0 Å². The normalized spacial score (nSPS) is 33.9. The molecule has 1 aromatic rings. The molecule has 2 aliphatic rings. The maximum absolute atomic E-state index is 12.9. The van der Waals surface area contributed by atoms with E-state index < -0.39 is 0 Å². The quantitative estimate of drug-likeness (QED) is 0.921. The van der Waals surface area contributed by atoms with E-state index >= 15 is 0 Å². The first-order valence-corrected chi connectivity index (χ1v) is 8.25. The van der Waals surface area contributed by atoms with Crippen LogP contribution < -0.4 is 5.32 Å². The second-order valence-electron chi connectivity index (χ2n) is 6.82. The molecule has 0 radical (unpaired) electrons. The van der Waals surface area contributed by atoms with Crippen LogP contribution >= 0.6 is 0 Å². The third kappa shape index (κ3) is 2.59. The molecular formula is C18H26N2O. The Labute approximate surface area is 127 Å². The summed E-state index contributed by atoms with van der Waals surface area (Å²) in [6, 6.07) is 10.8. The van der Waals surface area contributed by atoms with Gasteiger partial charge in [-0.15, -0.1) is 0 Å². The summed E-state index contributed by atoms with van der Waals surface area (Å²) >= 11 is 0. The zero-order valence-electron chi connectivity index (χ0n) is 13.3. The first kappa shape index (κ1) is 14.6. The molecule has 1 saturated heterocycles. The summed E-state index contributed by atoms with van der Waals surface area (Å²) in [6.07, 6.45) is 3.36. The maximum Gasteiger partial charge on any atom is 0.241 e. The molecule has 21 heavy (non-hydrogen) atoms. The fourth-order valence-corrected chi connectivity index (χ4v) is 3.62. The second kappa shape index (κ2) is 5.80. The largest absolute Gasteiger partial charge is 0.319 e. The van der Waals surface area contributed by atoms with Crippen molar-refractivity contribution in [3.8, 4) is 0 Å². The highest BCUT2D eigenvalue weighted by Crippen LogP contribution is 2.39. The van der Waals surface area contributed by atoms with Gasteiger partial charge in [0.05, 0.1) is 6.04 Å². The molecule has 3 atom stereocenters. The molecule has 114 valence electrons. The summed E-state index contributed by atoms with van der Waals surface area (Å²) in [5, 5.41) is 3.60. The molecule has 3 rings (SSSR count). The highest BCUT2D eigenvalue weighted by molar-refractivity contribution is 5.85. The van der Waals surface area contributed by atoms with E-state index in [9.17, 15) is 4.79 Å². The Bertz CT molecular complexity index is 495. The predicted octanol–water partition coefficient (Wildman–Crippen LogP) is 3.33. The second-order valence-corrected chi connectivity index (χ2v) is 6.82. The van der Waals surface area contributed by atoms with Crippen molar-refractivity contribution in [2.75, 3.05) is 0 Å². The van der Waals surface area contributed by atoms with Crippen molar-refractivity contribution in [1.82, 2.24) is 10.2 Å². The van der Waals surface area contributed by atoms with Crippen molar-refractivity contribution in [3.05, 3.63) is 35.9 Å². The smallest absolute Gasteiger partial charge is 0.241 e. The number of hydrogen-bond acceptors (Lipinski definition) is 2. The van der Waals surface area contributed by atoms with Gasteiger partial charge in [-0.1, -0.05) is 57.5 Å². The van der Waals surface area contributed by atoms with E-state index in [2.05, 4.69) is 55.3 Å². The Morgan fingerprint density at radius 1 is 1.29 bits per heavy atom. The number of amides is 1. The number of carbonyl (C=O) groups is 1. The van der Waals surface area contributed by atoms with Crippen LogP contribution in [0.5, 0.6) is 0 Å². The molecule has 1 aliphatic carbocycles. The van der Waals surface area contributed by atoms with Gasteiger partial charge in [-0.05, 0) is 30.2 Å². The minimum Gasteiger partial charge on any atom is -0.319 e. The van der Waals surface area contributed by atoms with E-state index in [1.165, 1.54) is 5.56 Å². The van der Waals surface area contributed by atoms with Gasteiger partial charge in [-0.3, -0.25) is 10.1 Å². The van der Waals surface area contributed by atoms with E-state index in [-0.39, 0.29) is 12.2 Å². The Kier molecular flexibility index (Phi) is 4.03. The Morgan fingerprint density at radius 2 is 1.95 bits per heavy atom. The Hall–Kier alpha value is -1.35. The lowest BCUT2D eigenvalue weighted by Crippen LogP contribution is -2.47. The van der Waals surface area contributed by atoms with Crippen LogP contribution in [0, 0.1) is 11.8 Å². The van der Waals surface area contributed by atoms with Gasteiger partial charge in [0.15, 0.2) is 0 Å². The predicted molar refractivity (Wildman–Crippen MR) is 84.6 cm³/mol. The molecule has 0 bridgehead atoms. The third-order valence-corrected chi connectivity index (χ3v) is 5.21. The van der Waals surface area contributed by atoms with E-state index in [1.54, 1.807) is 0 Å². The van der Waals surface area contributed by atoms with Gasteiger partial charge in [0.25, 0.3) is 0 Å². The van der Waals surface area contributed by atoms with Crippen molar-refractivity contribution < 1.29 is 4.79 Å². The molecule has 1 N–H and O–H groups in total. The number of benzene rings is 1. The van der Waals surface area contributed by atoms with Crippen LogP contribution in [0.2, 0.25) is 0 Å². The molecule has 1 heterocycles. The standard InChI is InChI=1S/C18H26N2O/c1-4-13(3)16-18(21)20(15-10-12(2)11-15)17(19-16)14-8-6-5-7-9-14/h5-9,12-13,15-17,19H,4,10-11H2,1-3H3. The number of nitrogens with zero attached hydrogens (tertiary/aromatic N) is 1. The summed E-state index contributed by atoms with van der Waals surface area (Å²) in [4.78, 5) is 15.0. The molecular weight excluding hydrogens is 260 g/mol. The van der Waals surface area contributed by atoms with Crippen LogP contribution in [0.4, 0.5) is 0 Å². The van der Waals surface area contributed by atoms with Gasteiger partial charge < -0.3 is 4.90 Å². The van der Waals surface area contributed by atoms with E-state index in [0.717, 1.165) is 25.2 Å². The van der Waals surface area contributed by atoms with Gasteiger partial charge in [0.2, 0.25) is 5.91 Å². The number of nitrogens with one attached hydrogen (secondary N) is 1. The molecule has 3 unspecified atom stereocenters. The van der Waals surface area contributed by atoms with Gasteiger partial charge >= 0.3 is 0 Å². The minimum absolute atomic E-state index is 0.0314. The Balaban J connectivity index is 1.87. The minimum atomic E-state index is -0.0314. The number of rotatable bonds is 4. The molecule has 1 amide bonds. The van der Waals surface area contributed by atoms with Crippen LogP contribution in [0.25, 0.3) is 0 Å². The third-order valence-electron chi connectivity index (χ3n) is 5.21. The number of hydrogen-bond donors (Lipinski definition) is 1. The SMILES string of the molecule is CCC(C)C1NC(c2ccccc2)N(C2CC(C)C2)C1=O. The average Bonchev–Trinajstić information content (AvgIpc) is 2.81. The van der Waals surface area contributed by atoms with Crippen molar-refractivity contribution in [2.24, 2.45) is 11.8 Å². The summed E-state index contributed by atoms with van der Waals surface area (Å²) in [6.45, 7) is 6.60. The van der Waals surface area contributed by atoms with Crippen LogP contribution in [0.15, 0.2) is 30.3 Å². The van der Waals surface area contributed by atoms with Gasteiger partial charge in [-0.25, -0.2) is 0 Å². The van der Waals surface area contributed by atoms with Crippen LogP contribution in [-0.2, 0) is 4.79 Å². The zero-order chi connectivity index (χ0) is 15.0. The van der Waals surface area contributed by atoms with Crippen LogP contribution in [-0.4, -0.2) is 22.9 Å². The average molecular weight is 286 g/mol. The lowest BCUT2D eigenvalue weighted by molar-refractivity contribution is -0.135. The van der Waals surface area contributed by atoms with E-state index in [4.69, 9.17) is 0 Å². The van der Waals surface area contributed by atoms with E-state index in [1.807, 2.05) is 6.07 Å². The molecule has 3 heteroatoms. The molecule has 1 saturated carbocycles. The molecule has 0 aromatic heterocycles. The fourth-order valence-electron chi connectivity index (χ4n) is 3.62. The topological polar surface area (TPSA) is 32.3 Å². The molecule has 1 aromatic carbocycles. The van der Waals surface area contributed by atoms with Crippen molar-refractivity contribution in [3.63, 3.8) is 0 Å². The summed E-state index contributed by atoms with van der Waals surface area (Å²) in [5.41, 5.74) is 1.20. The summed E-state index contributed by atoms with van der Waals surface area (Å²) < 4.78 is 0. The van der Waals surface area contributed by atoms with Crippen molar-refractivity contribution in [1.29, 1.82) is 0 Å². The highest BCUT2D eigenvalue weighted by Gasteiger charge is 2.47. The van der Waals surface area contributed by atoms with Crippen molar-refractivity contribution in [2.45, 2.75) is 58.3 Å². The Morgan fingerprint density at radius 3 is 2.52 bits per heavy atom. The number of carbonyl (C=O) groups excluding carboxylic acids is 1. The van der Waals surface area contributed by atoms with Crippen molar-refractivity contribution >= 4 is 5.91 Å². The first-order chi connectivity index (χ1) is 10.1. The lowest BCUT2D eigenvalue weighted by Gasteiger charge is -2.42. The van der Waals surface area contributed by atoms with Gasteiger partial charge in [0.1, 0.15) is 6.17 Å². The fraction of sp³-hybridized carbons (Fsp3) is 0.611. The molecule has 3 nitrogen and oxygen atoms in total. The summed E-state index contributed by atoms with van der Waals surface area (Å²) in [5.74, 6) is 1.43. The lowest BCUT2D eigenvalue weighted by atomic mass is 9.80.